The van der Waals surface area contributed by atoms with Gasteiger partial charge in [-0.3, -0.25) is 0 Å². The maximum absolute atomic E-state index is 8.53. The predicted octanol–water partition coefficient (Wildman–Crippen LogP) is -0.960. The Morgan fingerprint density at radius 2 is 1.89 bits per heavy atom. The van der Waals surface area contributed by atoms with Crippen LogP contribution in [0.3, 0.4) is 0 Å². The highest BCUT2D eigenvalue weighted by molar-refractivity contribution is 5.85. The Bertz CT molecular complexity index is 48.8. The Balaban J connectivity index is -0.000000180. The van der Waals surface area contributed by atoms with Gasteiger partial charge in [-0.05, 0) is 0 Å². The van der Waals surface area contributed by atoms with Crippen molar-refractivity contribution in [3.8, 4) is 0 Å². The maximum Gasteiger partial charge on any atom is 0.0951 e. The van der Waals surface area contributed by atoms with Crippen molar-refractivity contribution in [1.82, 2.24) is 0 Å². The molecule has 0 aliphatic rings. The first kappa shape index (κ1) is 16.2. The summed E-state index contributed by atoms with van der Waals surface area (Å²) in [5.74, 6) is 4.59. The van der Waals surface area contributed by atoms with Gasteiger partial charge in [0.25, 0.3) is 0 Å². The van der Waals surface area contributed by atoms with Crippen molar-refractivity contribution in [2.45, 2.75) is 6.10 Å². The van der Waals surface area contributed by atoms with Crippen molar-refractivity contribution in [3.63, 3.8) is 0 Å². The minimum absolute atomic E-state index is 0. The fourth-order valence-electron chi connectivity index (χ4n) is 0.179. The Hall–Kier alpha value is 0.420. The van der Waals surface area contributed by atoms with Gasteiger partial charge in [-0.2, -0.15) is 0 Å². The molecule has 1 atom stereocenters. The predicted molar refractivity (Wildman–Crippen MR) is 39.7 cm³/mol. The Labute approximate surface area is 66.3 Å². The normalized spacial score (nSPS) is 11.0. The van der Waals surface area contributed by atoms with Crippen LogP contribution in [0, 0.1) is 0 Å². The zero-order valence-corrected chi connectivity index (χ0v) is 6.45. The molecule has 0 amide bonds. The number of hydrogen-bond donors (Lipinski definition) is 3. The highest BCUT2D eigenvalue weighted by atomic mass is 35.5. The third kappa shape index (κ3) is 11.8. The summed E-state index contributed by atoms with van der Waals surface area (Å²) < 4.78 is 0. The Morgan fingerprint density at radius 1 is 1.44 bits per heavy atom. The van der Waals surface area contributed by atoms with Crippen molar-refractivity contribution in [2.75, 3.05) is 13.2 Å². The van der Waals surface area contributed by atoms with Crippen molar-refractivity contribution in [1.29, 1.82) is 0 Å². The molecule has 0 aliphatic heterocycles. The molecule has 60 valence electrons. The maximum atomic E-state index is 8.53. The first-order valence-corrected chi connectivity index (χ1v) is 2.01. The minimum atomic E-state index is -0.620. The van der Waals surface area contributed by atoms with Crippen LogP contribution in [0.25, 0.3) is 0 Å². The standard InChI is InChI=1S/C3H10N2O2.2ClH/c4-1-3(6)2-7-5;;/h3,6H,1-2,4-5H2;2*1H/t3-;;/m1../s1. The zero-order chi connectivity index (χ0) is 5.70. The van der Waals surface area contributed by atoms with Gasteiger partial charge in [0.2, 0.25) is 0 Å². The lowest BCUT2D eigenvalue weighted by atomic mass is 10.4. The number of aliphatic hydroxyl groups excluding tert-OH is 1. The van der Waals surface area contributed by atoms with Gasteiger partial charge in [0.1, 0.15) is 0 Å². The van der Waals surface area contributed by atoms with Gasteiger partial charge < -0.3 is 15.7 Å². The van der Waals surface area contributed by atoms with Gasteiger partial charge in [-0.1, -0.05) is 0 Å². The number of rotatable bonds is 3. The van der Waals surface area contributed by atoms with Gasteiger partial charge in [-0.25, -0.2) is 5.90 Å². The SMILES string of the molecule is Cl.Cl.NC[C@@H](O)CON. The third-order valence-electron chi connectivity index (χ3n) is 0.561. The highest BCUT2D eigenvalue weighted by Crippen LogP contribution is 1.73. The van der Waals surface area contributed by atoms with Crippen LogP contribution in [0.1, 0.15) is 0 Å². The van der Waals surface area contributed by atoms with Gasteiger partial charge in [0.05, 0.1) is 12.7 Å². The first-order valence-electron chi connectivity index (χ1n) is 2.01. The molecule has 0 aliphatic carbocycles. The van der Waals surface area contributed by atoms with Crippen molar-refractivity contribution >= 4 is 24.8 Å². The molecule has 9 heavy (non-hydrogen) atoms. The monoisotopic (exact) mass is 178 g/mol. The summed E-state index contributed by atoms with van der Waals surface area (Å²) in [6, 6.07) is 0. The topological polar surface area (TPSA) is 81.5 Å². The van der Waals surface area contributed by atoms with Crippen LogP contribution >= 0.6 is 24.8 Å². The van der Waals surface area contributed by atoms with Gasteiger partial charge in [-0.15, -0.1) is 24.8 Å². The van der Waals surface area contributed by atoms with E-state index in [1.807, 2.05) is 0 Å². The Kier molecular flexibility index (Phi) is 20.2. The second kappa shape index (κ2) is 11.2. The lowest BCUT2D eigenvalue weighted by Crippen LogP contribution is -2.26. The molecule has 6 heteroatoms. The molecular weight excluding hydrogens is 167 g/mol. The minimum Gasteiger partial charge on any atom is -0.389 e. The van der Waals surface area contributed by atoms with Crippen LogP contribution in [0.2, 0.25) is 0 Å². The molecule has 0 heterocycles. The summed E-state index contributed by atoms with van der Waals surface area (Å²) in [6.07, 6.45) is -0.620. The molecule has 0 saturated carbocycles. The van der Waals surface area contributed by atoms with E-state index in [4.69, 9.17) is 10.8 Å². The van der Waals surface area contributed by atoms with Crippen LogP contribution < -0.4 is 11.6 Å². The molecule has 0 radical (unpaired) electrons. The molecule has 0 saturated heterocycles. The molecule has 0 aromatic rings. The summed E-state index contributed by atoms with van der Waals surface area (Å²) >= 11 is 0. The fourth-order valence-corrected chi connectivity index (χ4v) is 0.179. The molecule has 0 fully saturated rings. The fraction of sp³-hybridized carbons (Fsp3) is 1.00. The van der Waals surface area contributed by atoms with Crippen LogP contribution in [0.5, 0.6) is 0 Å². The van der Waals surface area contributed by atoms with Crippen LogP contribution in [-0.2, 0) is 4.84 Å². The van der Waals surface area contributed by atoms with Crippen molar-refractivity contribution in [2.24, 2.45) is 11.6 Å². The van der Waals surface area contributed by atoms with Gasteiger partial charge in [0.15, 0.2) is 0 Å². The molecule has 4 nitrogen and oxygen atoms in total. The van der Waals surface area contributed by atoms with Crippen LogP contribution in [0.15, 0.2) is 0 Å². The largest absolute Gasteiger partial charge is 0.389 e. The number of hydrogen-bond acceptors (Lipinski definition) is 4. The second-order valence-electron chi connectivity index (χ2n) is 1.22. The lowest BCUT2D eigenvalue weighted by Gasteiger charge is -2.02. The van der Waals surface area contributed by atoms with E-state index >= 15 is 0 Å². The van der Waals surface area contributed by atoms with E-state index in [0.29, 0.717) is 0 Å². The average Bonchev–Trinajstić information content (AvgIpc) is 1.68. The molecule has 0 aromatic heterocycles. The summed E-state index contributed by atoms with van der Waals surface area (Å²) in [6.45, 7) is 0.299. The highest BCUT2D eigenvalue weighted by Gasteiger charge is 1.96. The number of halogens is 2. The quantitative estimate of drug-likeness (QED) is 0.487. The Morgan fingerprint density at radius 3 is 2.00 bits per heavy atom. The molecule has 0 spiro atoms. The van der Waals surface area contributed by atoms with Crippen LogP contribution in [-0.4, -0.2) is 24.4 Å². The summed E-state index contributed by atoms with van der Waals surface area (Å²) in [4.78, 5) is 4.06. The third-order valence-corrected chi connectivity index (χ3v) is 0.561. The van der Waals surface area contributed by atoms with E-state index in [1.165, 1.54) is 0 Å². The van der Waals surface area contributed by atoms with Gasteiger partial charge >= 0.3 is 0 Å². The zero-order valence-electron chi connectivity index (χ0n) is 4.82. The molecule has 0 rings (SSSR count). The summed E-state index contributed by atoms with van der Waals surface area (Å²) in [5.41, 5.74) is 4.97. The molecule has 0 bridgehead atoms. The molecule has 5 N–H and O–H groups in total. The number of nitrogens with two attached hydrogens (primary N) is 2. The second-order valence-corrected chi connectivity index (χ2v) is 1.22. The molecular formula is C3H12Cl2N2O2. The van der Waals surface area contributed by atoms with E-state index in [9.17, 15) is 0 Å². The summed E-state index contributed by atoms with van der Waals surface area (Å²) in [7, 11) is 0. The van der Waals surface area contributed by atoms with Gasteiger partial charge in [0, 0.05) is 6.54 Å². The van der Waals surface area contributed by atoms with E-state index in [-0.39, 0.29) is 38.0 Å². The smallest absolute Gasteiger partial charge is 0.0951 e. The number of aliphatic hydroxyl groups is 1. The van der Waals surface area contributed by atoms with E-state index in [1.54, 1.807) is 0 Å². The summed E-state index contributed by atoms with van der Waals surface area (Å²) in [5, 5.41) is 8.53. The lowest BCUT2D eigenvalue weighted by molar-refractivity contribution is 0.0413. The molecule has 0 aromatic carbocycles. The van der Waals surface area contributed by atoms with E-state index in [0.717, 1.165) is 0 Å². The average molecular weight is 179 g/mol. The first-order chi connectivity index (χ1) is 3.31. The van der Waals surface area contributed by atoms with E-state index < -0.39 is 6.10 Å². The van der Waals surface area contributed by atoms with E-state index in [2.05, 4.69) is 10.7 Å². The molecule has 0 unspecified atom stereocenters. The van der Waals surface area contributed by atoms with Crippen LogP contribution in [0.4, 0.5) is 0 Å². The van der Waals surface area contributed by atoms with Crippen molar-refractivity contribution in [3.05, 3.63) is 0 Å². The van der Waals surface area contributed by atoms with Crippen molar-refractivity contribution < 1.29 is 9.94 Å².